The first-order valence-electron chi connectivity index (χ1n) is 7.08. The van der Waals surface area contributed by atoms with Crippen LogP contribution in [0.1, 0.15) is 26.7 Å². The van der Waals surface area contributed by atoms with Gasteiger partial charge in [-0.25, -0.2) is 0 Å². The third kappa shape index (κ3) is 3.87. The first-order chi connectivity index (χ1) is 9.47. The van der Waals surface area contributed by atoms with Crippen molar-refractivity contribution >= 4 is 34.8 Å². The molecule has 0 aliphatic carbocycles. The minimum Gasteiger partial charge on any atom is -0.325 e. The lowest BCUT2D eigenvalue weighted by atomic mass is 9.99. The number of carbonyl (C=O) groups excluding carboxylic acids is 1. The number of rotatable bonds is 3. The molecule has 110 valence electrons. The summed E-state index contributed by atoms with van der Waals surface area (Å²) in [6, 6.07) is 5.04. The van der Waals surface area contributed by atoms with Crippen molar-refractivity contribution < 1.29 is 9.69 Å². The second-order valence-corrected chi connectivity index (χ2v) is 6.54. The highest BCUT2D eigenvalue weighted by atomic mass is 35.5. The molecule has 0 radical (unpaired) electrons. The molecule has 2 N–H and O–H groups in total. The van der Waals surface area contributed by atoms with E-state index < -0.39 is 0 Å². The van der Waals surface area contributed by atoms with Gasteiger partial charge in [-0.2, -0.15) is 0 Å². The molecule has 3 nitrogen and oxygen atoms in total. The van der Waals surface area contributed by atoms with Gasteiger partial charge < -0.3 is 10.2 Å². The summed E-state index contributed by atoms with van der Waals surface area (Å²) < 4.78 is 0. The highest BCUT2D eigenvalue weighted by Crippen LogP contribution is 2.25. The van der Waals surface area contributed by atoms with E-state index in [1.807, 2.05) is 6.92 Å². The Labute approximate surface area is 130 Å². The minimum atomic E-state index is -0.0653. The van der Waals surface area contributed by atoms with Gasteiger partial charge >= 0.3 is 0 Å². The number of hydrogen-bond donors (Lipinski definition) is 2. The van der Waals surface area contributed by atoms with Crippen molar-refractivity contribution in [3.8, 4) is 0 Å². The Morgan fingerprint density at radius 1 is 1.45 bits per heavy atom. The number of nitrogens with one attached hydrogen (secondary N) is 2. The molecule has 1 fully saturated rings. The van der Waals surface area contributed by atoms with Gasteiger partial charge in [-0.15, -0.1) is 0 Å². The van der Waals surface area contributed by atoms with Crippen LogP contribution in [0.15, 0.2) is 18.2 Å². The molecule has 0 saturated carbocycles. The predicted octanol–water partition coefficient (Wildman–Crippen LogP) is 2.64. The molecule has 2 rings (SSSR count). The van der Waals surface area contributed by atoms with Crippen molar-refractivity contribution in [3.63, 3.8) is 0 Å². The van der Waals surface area contributed by atoms with E-state index in [9.17, 15) is 4.79 Å². The molecule has 1 saturated heterocycles. The van der Waals surface area contributed by atoms with E-state index >= 15 is 0 Å². The van der Waals surface area contributed by atoms with Gasteiger partial charge in [0.25, 0.3) is 5.91 Å². The maximum atomic E-state index is 12.3. The number of carbonyl (C=O) groups is 1. The molecule has 5 heteroatoms. The first-order valence-corrected chi connectivity index (χ1v) is 7.83. The number of anilines is 1. The second-order valence-electron chi connectivity index (χ2n) is 5.69. The van der Waals surface area contributed by atoms with Gasteiger partial charge in [0.05, 0.1) is 23.8 Å². The maximum Gasteiger partial charge on any atom is 0.282 e. The molecule has 1 amide bonds. The average Bonchev–Trinajstić information content (AvgIpc) is 2.41. The van der Waals surface area contributed by atoms with Crippen LogP contribution in [-0.4, -0.2) is 25.0 Å². The molecule has 1 aromatic carbocycles. The monoisotopic (exact) mass is 315 g/mol. The molecule has 1 aliphatic rings. The van der Waals surface area contributed by atoms with E-state index in [1.54, 1.807) is 18.2 Å². The quantitative estimate of drug-likeness (QED) is 0.883. The molecular formula is C15H21Cl2N2O+. The molecular weight excluding hydrogens is 295 g/mol. The van der Waals surface area contributed by atoms with Crippen LogP contribution in [0.4, 0.5) is 5.69 Å². The van der Waals surface area contributed by atoms with Gasteiger partial charge in [0.2, 0.25) is 0 Å². The lowest BCUT2D eigenvalue weighted by Gasteiger charge is -2.31. The summed E-state index contributed by atoms with van der Waals surface area (Å²) in [7, 11) is 0. The summed E-state index contributed by atoms with van der Waals surface area (Å²) in [5.74, 6) is 0.700. The zero-order valence-electron chi connectivity index (χ0n) is 11.9. The smallest absolute Gasteiger partial charge is 0.282 e. The standard InChI is InChI=1S/C15H20Cl2N2O/c1-10-4-3-7-19(9-10)11(2)15(20)18-14-6-5-12(16)8-13(14)17/h5-6,8,10-11H,3-4,7,9H2,1-2H3,(H,18,20)/p+1/t10-,11-/m0/s1. The Morgan fingerprint density at radius 3 is 2.85 bits per heavy atom. The van der Waals surface area contributed by atoms with Crippen LogP contribution >= 0.6 is 23.2 Å². The van der Waals surface area contributed by atoms with Gasteiger partial charge in [-0.1, -0.05) is 30.1 Å². The van der Waals surface area contributed by atoms with Crippen LogP contribution in [-0.2, 0) is 4.79 Å². The zero-order chi connectivity index (χ0) is 14.7. The molecule has 0 bridgehead atoms. The van der Waals surface area contributed by atoms with Crippen molar-refractivity contribution in [2.75, 3.05) is 18.4 Å². The van der Waals surface area contributed by atoms with Crippen molar-refractivity contribution in [1.29, 1.82) is 0 Å². The Balaban J connectivity index is 2.00. The SMILES string of the molecule is C[C@H]1CCC[NH+]([C@@H](C)C(=O)Nc2ccc(Cl)cc2Cl)C1. The van der Waals surface area contributed by atoms with Crippen molar-refractivity contribution in [2.24, 2.45) is 5.92 Å². The van der Waals surface area contributed by atoms with Crippen LogP contribution in [0.2, 0.25) is 10.0 Å². The summed E-state index contributed by atoms with van der Waals surface area (Å²) in [6.07, 6.45) is 2.46. The Kier molecular flexibility index (Phi) is 5.30. The van der Waals surface area contributed by atoms with Gasteiger partial charge in [0.15, 0.2) is 6.04 Å². The molecule has 1 aromatic rings. The molecule has 1 heterocycles. The Morgan fingerprint density at radius 2 is 2.20 bits per heavy atom. The molecule has 1 unspecified atom stereocenters. The molecule has 20 heavy (non-hydrogen) atoms. The van der Waals surface area contributed by atoms with E-state index in [0.717, 1.165) is 13.1 Å². The minimum absolute atomic E-state index is 0.0123. The first kappa shape index (κ1) is 15.6. The topological polar surface area (TPSA) is 33.5 Å². The summed E-state index contributed by atoms with van der Waals surface area (Å²) in [5, 5.41) is 3.94. The fraction of sp³-hybridized carbons (Fsp3) is 0.533. The number of benzene rings is 1. The van der Waals surface area contributed by atoms with E-state index in [2.05, 4.69) is 12.2 Å². The van der Waals surface area contributed by atoms with Crippen LogP contribution in [0.25, 0.3) is 0 Å². The van der Waals surface area contributed by atoms with Crippen molar-refractivity contribution in [1.82, 2.24) is 0 Å². The van der Waals surface area contributed by atoms with Crippen molar-refractivity contribution in [2.45, 2.75) is 32.7 Å². The molecule has 0 spiro atoms. The lowest BCUT2D eigenvalue weighted by Crippen LogP contribution is -3.17. The number of halogens is 2. The van der Waals surface area contributed by atoms with Gasteiger partial charge in [-0.3, -0.25) is 4.79 Å². The summed E-state index contributed by atoms with van der Waals surface area (Å²) >= 11 is 11.9. The normalized spacial score (nSPS) is 24.2. The number of hydrogen-bond acceptors (Lipinski definition) is 1. The van der Waals surface area contributed by atoms with Crippen LogP contribution in [0.3, 0.4) is 0 Å². The third-order valence-electron chi connectivity index (χ3n) is 4.00. The predicted molar refractivity (Wildman–Crippen MR) is 83.6 cm³/mol. The van der Waals surface area contributed by atoms with E-state index in [1.165, 1.54) is 17.7 Å². The highest BCUT2D eigenvalue weighted by Gasteiger charge is 2.29. The molecule has 1 aliphatic heterocycles. The number of quaternary nitrogens is 1. The molecule has 0 aromatic heterocycles. The maximum absolute atomic E-state index is 12.3. The van der Waals surface area contributed by atoms with E-state index in [-0.39, 0.29) is 11.9 Å². The zero-order valence-corrected chi connectivity index (χ0v) is 13.4. The summed E-state index contributed by atoms with van der Waals surface area (Å²) in [5.41, 5.74) is 0.623. The van der Waals surface area contributed by atoms with E-state index in [0.29, 0.717) is 21.7 Å². The summed E-state index contributed by atoms with van der Waals surface area (Å²) in [4.78, 5) is 13.7. The van der Waals surface area contributed by atoms with Gasteiger partial charge in [0, 0.05) is 10.9 Å². The highest BCUT2D eigenvalue weighted by molar-refractivity contribution is 6.36. The number of likely N-dealkylation sites (tertiary alicyclic amines) is 1. The fourth-order valence-corrected chi connectivity index (χ4v) is 3.20. The number of piperidine rings is 1. The van der Waals surface area contributed by atoms with Crippen LogP contribution < -0.4 is 10.2 Å². The third-order valence-corrected chi connectivity index (χ3v) is 4.55. The van der Waals surface area contributed by atoms with Gasteiger partial charge in [-0.05, 0) is 38.0 Å². The van der Waals surface area contributed by atoms with Crippen molar-refractivity contribution in [3.05, 3.63) is 28.2 Å². The Bertz CT molecular complexity index is 493. The summed E-state index contributed by atoms with van der Waals surface area (Å²) in [6.45, 7) is 6.35. The lowest BCUT2D eigenvalue weighted by molar-refractivity contribution is -0.922. The van der Waals surface area contributed by atoms with Crippen LogP contribution in [0.5, 0.6) is 0 Å². The van der Waals surface area contributed by atoms with Crippen LogP contribution in [0, 0.1) is 5.92 Å². The average molecular weight is 316 g/mol. The van der Waals surface area contributed by atoms with E-state index in [4.69, 9.17) is 23.2 Å². The second kappa shape index (κ2) is 6.79. The number of amides is 1. The van der Waals surface area contributed by atoms with Gasteiger partial charge in [0.1, 0.15) is 0 Å². The molecule has 3 atom stereocenters. The largest absolute Gasteiger partial charge is 0.325 e. The fourth-order valence-electron chi connectivity index (χ4n) is 2.74. The Hall–Kier alpha value is -0.770.